The van der Waals surface area contributed by atoms with E-state index in [0.29, 0.717) is 39.1 Å². The van der Waals surface area contributed by atoms with E-state index in [1.54, 1.807) is 24.3 Å². The third-order valence-corrected chi connectivity index (χ3v) is 4.43. The standard InChI is InChI=1S/C24H38N4O6/c1-17(2)33-12-6-10-25-21(29)23(31)27-15-19-8-5-9-20(14-19)16-28-24(32)22(30)26-11-7-13-34-18(3)4/h5,8-9,14,17-18H,6-7,10-13,15-16H2,1-4H3,(H,25,29)(H,26,30)(H,27,31)(H,28,32). The molecule has 190 valence electrons. The molecule has 10 heteroatoms. The zero-order chi connectivity index (χ0) is 25.3. The van der Waals surface area contributed by atoms with Gasteiger partial charge in [-0.15, -0.1) is 0 Å². The summed E-state index contributed by atoms with van der Waals surface area (Å²) in [6, 6.07) is 7.13. The van der Waals surface area contributed by atoms with E-state index in [2.05, 4.69) is 21.3 Å². The van der Waals surface area contributed by atoms with Crippen LogP contribution >= 0.6 is 0 Å². The van der Waals surface area contributed by atoms with Crippen molar-refractivity contribution in [2.24, 2.45) is 0 Å². The summed E-state index contributed by atoms with van der Waals surface area (Å²) in [5, 5.41) is 10.2. The predicted molar refractivity (Wildman–Crippen MR) is 128 cm³/mol. The first-order valence-corrected chi connectivity index (χ1v) is 11.6. The van der Waals surface area contributed by atoms with Gasteiger partial charge in [-0.1, -0.05) is 24.3 Å². The first-order chi connectivity index (χ1) is 16.2. The Morgan fingerprint density at radius 2 is 1.06 bits per heavy atom. The first-order valence-electron chi connectivity index (χ1n) is 11.6. The number of ether oxygens (including phenoxy) is 2. The molecule has 0 spiro atoms. The van der Waals surface area contributed by atoms with Crippen LogP contribution in [0.4, 0.5) is 0 Å². The molecule has 0 fully saturated rings. The lowest BCUT2D eigenvalue weighted by Crippen LogP contribution is -2.40. The van der Waals surface area contributed by atoms with E-state index in [9.17, 15) is 19.2 Å². The number of rotatable bonds is 14. The van der Waals surface area contributed by atoms with Gasteiger partial charge in [0.2, 0.25) is 0 Å². The van der Waals surface area contributed by atoms with E-state index in [-0.39, 0.29) is 25.3 Å². The molecule has 0 heterocycles. The second-order valence-electron chi connectivity index (χ2n) is 8.24. The Hall–Kier alpha value is -2.98. The number of carbonyl (C=O) groups excluding carboxylic acids is 4. The highest BCUT2D eigenvalue weighted by molar-refractivity contribution is 6.35. The van der Waals surface area contributed by atoms with Crippen LogP contribution < -0.4 is 21.3 Å². The maximum absolute atomic E-state index is 12.0. The van der Waals surface area contributed by atoms with Crippen molar-refractivity contribution in [1.29, 1.82) is 0 Å². The lowest BCUT2D eigenvalue weighted by molar-refractivity contribution is -0.139. The van der Waals surface area contributed by atoms with Crippen LogP contribution in [0.15, 0.2) is 24.3 Å². The average molecular weight is 479 g/mol. The summed E-state index contributed by atoms with van der Waals surface area (Å²) in [4.78, 5) is 47.6. The number of amides is 4. The number of benzene rings is 1. The van der Waals surface area contributed by atoms with E-state index in [0.717, 1.165) is 11.1 Å². The lowest BCUT2D eigenvalue weighted by Gasteiger charge is -2.10. The Bertz CT molecular complexity index is 736. The highest BCUT2D eigenvalue weighted by Gasteiger charge is 2.14. The van der Waals surface area contributed by atoms with E-state index in [1.807, 2.05) is 27.7 Å². The summed E-state index contributed by atoms with van der Waals surface area (Å²) in [7, 11) is 0. The molecule has 0 aliphatic carbocycles. The zero-order valence-corrected chi connectivity index (χ0v) is 20.6. The third-order valence-electron chi connectivity index (χ3n) is 4.43. The molecular formula is C24H38N4O6. The summed E-state index contributed by atoms with van der Waals surface area (Å²) < 4.78 is 10.8. The van der Waals surface area contributed by atoms with Crippen molar-refractivity contribution in [3.05, 3.63) is 35.4 Å². The van der Waals surface area contributed by atoms with Crippen LogP contribution in [-0.2, 0) is 41.7 Å². The Morgan fingerprint density at radius 1 is 0.676 bits per heavy atom. The van der Waals surface area contributed by atoms with Gasteiger partial charge in [-0.05, 0) is 51.7 Å². The molecule has 0 aliphatic heterocycles. The van der Waals surface area contributed by atoms with E-state index < -0.39 is 23.6 Å². The molecule has 10 nitrogen and oxygen atoms in total. The SMILES string of the molecule is CC(C)OCCCNC(=O)C(=O)NCc1cccc(CNC(=O)C(=O)NCCCOC(C)C)c1. The molecule has 1 rings (SSSR count). The molecule has 0 aliphatic rings. The molecule has 4 amide bonds. The molecule has 0 unspecified atom stereocenters. The summed E-state index contributed by atoms with van der Waals surface area (Å²) in [6.07, 6.45) is 1.49. The van der Waals surface area contributed by atoms with Gasteiger partial charge in [-0.3, -0.25) is 19.2 Å². The molecule has 1 aromatic carbocycles. The van der Waals surface area contributed by atoms with Crippen molar-refractivity contribution in [2.75, 3.05) is 26.3 Å². The van der Waals surface area contributed by atoms with Gasteiger partial charge < -0.3 is 30.7 Å². The molecule has 0 aromatic heterocycles. The monoisotopic (exact) mass is 478 g/mol. The fourth-order valence-electron chi connectivity index (χ4n) is 2.72. The normalized spacial score (nSPS) is 10.8. The molecule has 4 N–H and O–H groups in total. The van der Waals surface area contributed by atoms with Gasteiger partial charge in [-0.25, -0.2) is 0 Å². The van der Waals surface area contributed by atoms with Crippen molar-refractivity contribution in [3.63, 3.8) is 0 Å². The maximum Gasteiger partial charge on any atom is 0.309 e. The summed E-state index contributed by atoms with van der Waals surface area (Å²) in [6.45, 7) is 9.76. The minimum atomic E-state index is -0.723. The quantitative estimate of drug-likeness (QED) is 0.231. The van der Waals surface area contributed by atoms with Gasteiger partial charge in [0.05, 0.1) is 12.2 Å². The highest BCUT2D eigenvalue weighted by Crippen LogP contribution is 2.05. The number of nitrogens with one attached hydrogen (secondary N) is 4. The number of carbonyl (C=O) groups is 4. The summed E-state index contributed by atoms with van der Waals surface area (Å²) >= 11 is 0. The lowest BCUT2D eigenvalue weighted by atomic mass is 10.1. The average Bonchev–Trinajstić information content (AvgIpc) is 2.80. The minimum absolute atomic E-state index is 0.125. The number of hydrogen-bond acceptors (Lipinski definition) is 6. The highest BCUT2D eigenvalue weighted by atomic mass is 16.5. The van der Waals surface area contributed by atoms with Gasteiger partial charge in [0.1, 0.15) is 0 Å². The van der Waals surface area contributed by atoms with E-state index in [1.165, 1.54) is 0 Å². The van der Waals surface area contributed by atoms with Crippen LogP contribution in [0.2, 0.25) is 0 Å². The van der Waals surface area contributed by atoms with E-state index in [4.69, 9.17) is 9.47 Å². The molecule has 0 atom stereocenters. The van der Waals surface area contributed by atoms with Gasteiger partial charge in [0, 0.05) is 39.4 Å². The molecule has 0 radical (unpaired) electrons. The maximum atomic E-state index is 12.0. The van der Waals surface area contributed by atoms with Crippen molar-refractivity contribution in [1.82, 2.24) is 21.3 Å². The van der Waals surface area contributed by atoms with Crippen molar-refractivity contribution in [3.8, 4) is 0 Å². The fraction of sp³-hybridized carbons (Fsp3) is 0.583. The Kier molecular flexibility index (Phi) is 14.2. The van der Waals surface area contributed by atoms with Gasteiger partial charge in [-0.2, -0.15) is 0 Å². The minimum Gasteiger partial charge on any atom is -0.379 e. The second kappa shape index (κ2) is 16.6. The summed E-state index contributed by atoms with van der Waals surface area (Å²) in [5.74, 6) is -2.85. The van der Waals surface area contributed by atoms with E-state index >= 15 is 0 Å². The first kappa shape index (κ1) is 29.1. The van der Waals surface area contributed by atoms with Gasteiger partial charge >= 0.3 is 23.6 Å². The molecular weight excluding hydrogens is 440 g/mol. The molecule has 0 saturated heterocycles. The van der Waals surface area contributed by atoms with Crippen molar-refractivity contribution >= 4 is 23.6 Å². The zero-order valence-electron chi connectivity index (χ0n) is 20.6. The smallest absolute Gasteiger partial charge is 0.309 e. The van der Waals surface area contributed by atoms with Crippen molar-refractivity contribution < 1.29 is 28.7 Å². The Labute approximate surface area is 201 Å². The molecule has 34 heavy (non-hydrogen) atoms. The molecule has 0 saturated carbocycles. The molecule has 1 aromatic rings. The van der Waals surface area contributed by atoms with Crippen LogP contribution in [-0.4, -0.2) is 62.1 Å². The third kappa shape index (κ3) is 13.5. The molecule has 0 bridgehead atoms. The van der Waals surface area contributed by atoms with Gasteiger partial charge in [0.25, 0.3) is 0 Å². The largest absolute Gasteiger partial charge is 0.379 e. The van der Waals surface area contributed by atoms with Crippen LogP contribution in [0.1, 0.15) is 51.7 Å². The Balaban J connectivity index is 2.32. The topological polar surface area (TPSA) is 135 Å². The number of hydrogen-bond donors (Lipinski definition) is 4. The Morgan fingerprint density at radius 3 is 1.44 bits per heavy atom. The summed E-state index contributed by atoms with van der Waals surface area (Å²) in [5.41, 5.74) is 1.51. The van der Waals surface area contributed by atoms with Crippen molar-refractivity contribution in [2.45, 2.75) is 65.8 Å². The van der Waals surface area contributed by atoms with Gasteiger partial charge in [0.15, 0.2) is 0 Å². The van der Waals surface area contributed by atoms with Crippen LogP contribution in [0.5, 0.6) is 0 Å². The predicted octanol–water partition coefficient (Wildman–Crippen LogP) is 0.782. The second-order valence-corrected chi connectivity index (χ2v) is 8.24. The fourth-order valence-corrected chi connectivity index (χ4v) is 2.72. The van der Waals surface area contributed by atoms with Crippen LogP contribution in [0, 0.1) is 0 Å². The van der Waals surface area contributed by atoms with Crippen LogP contribution in [0.25, 0.3) is 0 Å². The van der Waals surface area contributed by atoms with Crippen LogP contribution in [0.3, 0.4) is 0 Å².